The van der Waals surface area contributed by atoms with Crippen LogP contribution in [-0.2, 0) is 6.54 Å². The highest BCUT2D eigenvalue weighted by Crippen LogP contribution is 2.28. The van der Waals surface area contributed by atoms with E-state index < -0.39 is 0 Å². The fraction of sp³-hybridized carbons (Fsp3) is 0.231. The number of benzene rings is 2. The minimum atomic E-state index is -0.321. The van der Waals surface area contributed by atoms with Crippen molar-refractivity contribution in [1.82, 2.24) is 15.3 Å². The Morgan fingerprint density at radius 2 is 1.91 bits per heavy atom. The van der Waals surface area contributed by atoms with E-state index in [-0.39, 0.29) is 11.4 Å². The summed E-state index contributed by atoms with van der Waals surface area (Å²) in [4.78, 5) is 22.5. The molecule has 0 saturated carbocycles. The molecule has 0 bridgehead atoms. The minimum Gasteiger partial charge on any atom is -0.422 e. The topological polar surface area (TPSA) is 74.2 Å². The summed E-state index contributed by atoms with van der Waals surface area (Å²) in [6.45, 7) is 2.34. The van der Waals surface area contributed by atoms with Crippen molar-refractivity contribution in [2.45, 2.75) is 25.4 Å². The van der Waals surface area contributed by atoms with E-state index in [4.69, 9.17) is 4.42 Å². The molecule has 33 heavy (non-hydrogen) atoms. The van der Waals surface area contributed by atoms with Crippen LogP contribution in [0.25, 0.3) is 32.6 Å². The van der Waals surface area contributed by atoms with Gasteiger partial charge in [0, 0.05) is 48.3 Å². The summed E-state index contributed by atoms with van der Waals surface area (Å²) in [7, 11) is 0. The van der Waals surface area contributed by atoms with Crippen molar-refractivity contribution in [3.63, 3.8) is 0 Å². The van der Waals surface area contributed by atoms with Gasteiger partial charge in [0.15, 0.2) is 0 Å². The molecular formula is C26H23FN4O2. The molecule has 1 saturated heterocycles. The van der Waals surface area contributed by atoms with Crippen LogP contribution >= 0.6 is 0 Å². The fourth-order valence-corrected chi connectivity index (χ4v) is 4.82. The van der Waals surface area contributed by atoms with Gasteiger partial charge in [-0.15, -0.1) is 0 Å². The third-order valence-electron chi connectivity index (χ3n) is 6.54. The molecule has 0 unspecified atom stereocenters. The molecule has 0 spiro atoms. The lowest BCUT2D eigenvalue weighted by atomic mass is 10.0. The maximum Gasteiger partial charge on any atom is 0.345 e. The van der Waals surface area contributed by atoms with Gasteiger partial charge >= 0.3 is 5.63 Å². The predicted octanol–water partition coefficient (Wildman–Crippen LogP) is 4.72. The van der Waals surface area contributed by atoms with E-state index in [0.29, 0.717) is 23.6 Å². The molecule has 6 nitrogen and oxygen atoms in total. The minimum absolute atomic E-state index is 0.242. The molecule has 0 radical (unpaired) electrons. The van der Waals surface area contributed by atoms with E-state index in [1.165, 1.54) is 6.07 Å². The highest BCUT2D eigenvalue weighted by atomic mass is 19.1. The lowest BCUT2D eigenvalue weighted by molar-refractivity contribution is 0.411. The van der Waals surface area contributed by atoms with Crippen LogP contribution < -0.4 is 15.8 Å². The molecule has 3 aromatic heterocycles. The first kappa shape index (κ1) is 19.9. The summed E-state index contributed by atoms with van der Waals surface area (Å²) in [5.74, 6) is 0.605. The Labute approximate surface area is 189 Å². The number of aromatic amines is 1. The number of anilines is 1. The molecule has 4 heterocycles. The molecule has 166 valence electrons. The standard InChI is InChI=1S/C26H23FN4O2/c27-17-6-5-16-7-10-28-25(21(16)13-17)31-11-8-18(9-12-31)29-15-19-14-22-24(30-19)20-3-1-2-4-23(20)33-26(22)32/h1-7,10,13-14,18,29-30H,8-9,11-12,15H2. The van der Waals surface area contributed by atoms with E-state index in [0.717, 1.165) is 59.1 Å². The van der Waals surface area contributed by atoms with Gasteiger partial charge in [-0.25, -0.2) is 14.2 Å². The summed E-state index contributed by atoms with van der Waals surface area (Å²) in [6.07, 6.45) is 3.70. The quantitative estimate of drug-likeness (QED) is 0.394. The number of para-hydroxylation sites is 1. The van der Waals surface area contributed by atoms with Crippen molar-refractivity contribution < 1.29 is 8.81 Å². The number of pyridine rings is 1. The van der Waals surface area contributed by atoms with E-state index >= 15 is 0 Å². The predicted molar refractivity (Wildman–Crippen MR) is 128 cm³/mol. The number of halogens is 1. The molecular weight excluding hydrogens is 419 g/mol. The first-order chi connectivity index (χ1) is 16.2. The van der Waals surface area contributed by atoms with E-state index in [1.807, 2.05) is 36.4 Å². The number of aromatic nitrogens is 2. The van der Waals surface area contributed by atoms with Crippen molar-refractivity contribution in [2.75, 3.05) is 18.0 Å². The zero-order valence-electron chi connectivity index (χ0n) is 18.0. The second-order valence-corrected chi connectivity index (χ2v) is 8.61. The highest BCUT2D eigenvalue weighted by Gasteiger charge is 2.22. The lowest BCUT2D eigenvalue weighted by Crippen LogP contribution is -2.42. The van der Waals surface area contributed by atoms with Crippen molar-refractivity contribution in [3.05, 3.63) is 82.7 Å². The number of rotatable bonds is 4. The van der Waals surface area contributed by atoms with Gasteiger partial charge in [0.05, 0.1) is 10.9 Å². The van der Waals surface area contributed by atoms with Crippen LogP contribution in [0.2, 0.25) is 0 Å². The maximum absolute atomic E-state index is 13.8. The first-order valence-electron chi connectivity index (χ1n) is 11.2. The summed E-state index contributed by atoms with van der Waals surface area (Å²) >= 11 is 0. The number of hydrogen-bond donors (Lipinski definition) is 2. The number of nitrogens with one attached hydrogen (secondary N) is 2. The Morgan fingerprint density at radius 3 is 2.79 bits per heavy atom. The Hall–Kier alpha value is -3.71. The second kappa shape index (κ2) is 8.01. The van der Waals surface area contributed by atoms with Crippen LogP contribution in [0.3, 0.4) is 0 Å². The molecule has 1 aliphatic heterocycles. The lowest BCUT2D eigenvalue weighted by Gasteiger charge is -2.33. The molecule has 2 aromatic carbocycles. The number of H-pyrrole nitrogens is 1. The van der Waals surface area contributed by atoms with Gasteiger partial charge in [-0.1, -0.05) is 18.2 Å². The van der Waals surface area contributed by atoms with E-state index in [1.54, 1.807) is 18.3 Å². The summed E-state index contributed by atoms with van der Waals surface area (Å²) in [6, 6.07) is 16.6. The summed E-state index contributed by atoms with van der Waals surface area (Å²) in [5.41, 5.74) is 2.05. The third kappa shape index (κ3) is 3.64. The van der Waals surface area contributed by atoms with Gasteiger partial charge in [0.25, 0.3) is 0 Å². The summed E-state index contributed by atoms with van der Waals surface area (Å²) in [5, 5.41) is 6.95. The highest BCUT2D eigenvalue weighted by molar-refractivity contribution is 6.02. The number of nitrogens with zero attached hydrogens (tertiary/aromatic N) is 2. The molecule has 0 aliphatic carbocycles. The van der Waals surface area contributed by atoms with Gasteiger partial charge in [0.2, 0.25) is 0 Å². The van der Waals surface area contributed by atoms with Crippen molar-refractivity contribution in [2.24, 2.45) is 0 Å². The van der Waals surface area contributed by atoms with Crippen LogP contribution in [0.1, 0.15) is 18.5 Å². The monoisotopic (exact) mass is 442 g/mol. The summed E-state index contributed by atoms with van der Waals surface area (Å²) < 4.78 is 19.3. The van der Waals surface area contributed by atoms with Gasteiger partial charge in [-0.3, -0.25) is 0 Å². The first-order valence-corrected chi connectivity index (χ1v) is 11.2. The average Bonchev–Trinajstić information content (AvgIpc) is 3.28. The maximum atomic E-state index is 13.8. The van der Waals surface area contributed by atoms with Crippen LogP contribution in [0.15, 0.2) is 70.0 Å². The molecule has 2 N–H and O–H groups in total. The number of hydrogen-bond acceptors (Lipinski definition) is 5. The Balaban J connectivity index is 1.15. The second-order valence-electron chi connectivity index (χ2n) is 8.61. The van der Waals surface area contributed by atoms with Crippen LogP contribution in [-0.4, -0.2) is 29.1 Å². The Bertz CT molecular complexity index is 1530. The van der Waals surface area contributed by atoms with E-state index in [2.05, 4.69) is 20.2 Å². The molecule has 6 rings (SSSR count). The van der Waals surface area contributed by atoms with Crippen molar-refractivity contribution in [1.29, 1.82) is 0 Å². The van der Waals surface area contributed by atoms with Crippen molar-refractivity contribution >= 4 is 38.5 Å². The molecule has 1 fully saturated rings. The zero-order chi connectivity index (χ0) is 22.4. The van der Waals surface area contributed by atoms with Gasteiger partial charge in [-0.05, 0) is 54.6 Å². The molecule has 7 heteroatoms. The smallest absolute Gasteiger partial charge is 0.345 e. The number of piperidine rings is 1. The van der Waals surface area contributed by atoms with Crippen LogP contribution in [0.4, 0.5) is 10.2 Å². The zero-order valence-corrected chi connectivity index (χ0v) is 18.0. The Kier molecular flexibility index (Phi) is 4.84. The largest absolute Gasteiger partial charge is 0.422 e. The van der Waals surface area contributed by atoms with Gasteiger partial charge in [-0.2, -0.15) is 0 Å². The van der Waals surface area contributed by atoms with Crippen LogP contribution in [0, 0.1) is 5.82 Å². The molecule has 0 amide bonds. The third-order valence-corrected chi connectivity index (χ3v) is 6.54. The molecule has 1 aliphatic rings. The van der Waals surface area contributed by atoms with Crippen molar-refractivity contribution in [3.8, 4) is 0 Å². The fourth-order valence-electron chi connectivity index (χ4n) is 4.82. The van der Waals surface area contributed by atoms with E-state index in [9.17, 15) is 9.18 Å². The number of fused-ring (bicyclic) bond motifs is 4. The Morgan fingerprint density at radius 1 is 1.06 bits per heavy atom. The molecule has 0 atom stereocenters. The van der Waals surface area contributed by atoms with Gasteiger partial charge < -0.3 is 19.6 Å². The average molecular weight is 442 g/mol. The molecule has 5 aromatic rings. The normalized spacial score (nSPS) is 15.1. The van der Waals surface area contributed by atoms with Crippen LogP contribution in [0.5, 0.6) is 0 Å². The van der Waals surface area contributed by atoms with Gasteiger partial charge in [0.1, 0.15) is 17.2 Å². The SMILES string of the molecule is O=c1oc2ccccc2c2[nH]c(CNC3CCN(c4nccc5ccc(F)cc45)CC3)cc12.